The molecule has 12 heteroatoms. The number of ether oxygens (including phenoxy) is 3. The van der Waals surface area contributed by atoms with Gasteiger partial charge in [-0.3, -0.25) is 18.9 Å². The van der Waals surface area contributed by atoms with E-state index in [2.05, 4.69) is 0 Å². The highest BCUT2D eigenvalue weighted by molar-refractivity contribution is 7.86. The van der Waals surface area contributed by atoms with E-state index in [9.17, 15) is 31.6 Å². The average Bonchev–Trinajstić information content (AvgIpc) is 3.35. The molecule has 35 heavy (non-hydrogen) atoms. The second-order valence-corrected chi connectivity index (χ2v) is 13.2. The Morgan fingerprint density at radius 1 is 1.09 bits per heavy atom. The molecule has 1 aliphatic heterocycles. The molecule has 0 radical (unpaired) electrons. The van der Waals surface area contributed by atoms with Gasteiger partial charge < -0.3 is 14.2 Å². The number of esters is 3. The van der Waals surface area contributed by atoms with Gasteiger partial charge in [-0.05, 0) is 69.6 Å². The first-order valence-corrected chi connectivity index (χ1v) is 13.7. The van der Waals surface area contributed by atoms with Gasteiger partial charge in [0.05, 0.1) is 17.3 Å². The molecule has 0 spiro atoms. The number of halogens is 2. The summed E-state index contributed by atoms with van der Waals surface area (Å²) in [6.07, 6.45) is 2.05. The highest BCUT2D eigenvalue weighted by atomic mass is 32.2. The molecule has 1 saturated heterocycles. The van der Waals surface area contributed by atoms with Gasteiger partial charge in [-0.1, -0.05) is 0 Å². The average molecular weight is 519 g/mol. The van der Waals surface area contributed by atoms with E-state index in [0.717, 1.165) is 38.5 Å². The predicted octanol–water partition coefficient (Wildman–Crippen LogP) is 2.33. The monoisotopic (exact) mass is 518 g/mol. The van der Waals surface area contributed by atoms with E-state index in [0.29, 0.717) is 31.1 Å². The normalized spacial score (nSPS) is 45.9. The Bertz CT molecular complexity index is 1050. The maximum absolute atomic E-state index is 14.0. The quantitative estimate of drug-likeness (QED) is 0.319. The zero-order valence-corrected chi connectivity index (χ0v) is 19.9. The number of carbonyl (C=O) groups is 3. The fourth-order valence-electron chi connectivity index (χ4n) is 8.61. The molecular formula is C23H28F2O9S. The second kappa shape index (κ2) is 7.36. The Hall–Kier alpha value is -1.82. The molecule has 7 rings (SSSR count). The van der Waals surface area contributed by atoms with Crippen LogP contribution in [0.3, 0.4) is 0 Å². The smallest absolute Gasteiger partial charge is 0.405 e. The van der Waals surface area contributed by atoms with Gasteiger partial charge in [0.25, 0.3) is 0 Å². The zero-order chi connectivity index (χ0) is 25.1. The molecule has 7 aliphatic rings. The Kier molecular flexibility index (Phi) is 4.96. The van der Waals surface area contributed by atoms with Crippen LogP contribution >= 0.6 is 0 Å². The maximum atomic E-state index is 14.0. The van der Waals surface area contributed by atoms with Gasteiger partial charge in [-0.25, -0.2) is 0 Å². The first-order chi connectivity index (χ1) is 16.3. The van der Waals surface area contributed by atoms with Gasteiger partial charge >= 0.3 is 33.3 Å². The first kappa shape index (κ1) is 23.6. The Morgan fingerprint density at radius 2 is 1.66 bits per heavy atom. The predicted molar refractivity (Wildman–Crippen MR) is 111 cm³/mol. The summed E-state index contributed by atoms with van der Waals surface area (Å²) in [4.78, 5) is 39.0. The first-order valence-electron chi connectivity index (χ1n) is 12.3. The van der Waals surface area contributed by atoms with Crippen LogP contribution in [0.1, 0.15) is 51.9 Å². The van der Waals surface area contributed by atoms with Gasteiger partial charge in [0, 0.05) is 11.8 Å². The molecule has 7 atom stereocenters. The van der Waals surface area contributed by atoms with E-state index >= 15 is 0 Å². The van der Waals surface area contributed by atoms with Crippen LogP contribution in [0, 0.1) is 46.8 Å². The molecule has 0 aromatic carbocycles. The van der Waals surface area contributed by atoms with Gasteiger partial charge in [-0.15, -0.1) is 0 Å². The van der Waals surface area contributed by atoms with Crippen LogP contribution in [0.2, 0.25) is 0 Å². The minimum atomic E-state index is -5.82. The molecule has 0 amide bonds. The van der Waals surface area contributed by atoms with Crippen molar-refractivity contribution >= 4 is 28.0 Å². The molecule has 7 fully saturated rings. The van der Waals surface area contributed by atoms with Crippen LogP contribution in [0.4, 0.5) is 8.78 Å². The molecule has 6 saturated carbocycles. The number of hydrogen-bond donors (Lipinski definition) is 1. The number of carbonyl (C=O) groups excluding carboxylic acids is 3. The van der Waals surface area contributed by atoms with Gasteiger partial charge in [-0.2, -0.15) is 17.2 Å². The van der Waals surface area contributed by atoms with Crippen LogP contribution in [0.5, 0.6) is 0 Å². The summed E-state index contributed by atoms with van der Waals surface area (Å²) in [7, 11) is -5.82. The van der Waals surface area contributed by atoms with E-state index in [-0.39, 0.29) is 5.97 Å². The van der Waals surface area contributed by atoms with Crippen molar-refractivity contribution < 1.29 is 50.3 Å². The second-order valence-electron chi connectivity index (χ2n) is 11.7. The summed E-state index contributed by atoms with van der Waals surface area (Å²) in [5, 5.41) is -4.72. The lowest BCUT2D eigenvalue weighted by Gasteiger charge is -2.55. The third kappa shape index (κ3) is 3.30. The van der Waals surface area contributed by atoms with Gasteiger partial charge in [0.15, 0.2) is 6.10 Å². The van der Waals surface area contributed by atoms with Crippen molar-refractivity contribution in [3.63, 3.8) is 0 Å². The number of fused-ring (bicyclic) bond motifs is 1. The van der Waals surface area contributed by atoms with Crippen molar-refractivity contribution in [2.75, 3.05) is 0 Å². The fraction of sp³-hybridized carbons (Fsp3) is 0.870. The van der Waals surface area contributed by atoms with Crippen molar-refractivity contribution in [2.24, 2.45) is 46.8 Å². The molecule has 6 bridgehead atoms. The summed E-state index contributed by atoms with van der Waals surface area (Å²) >= 11 is 0. The van der Waals surface area contributed by atoms with E-state index in [1.807, 2.05) is 0 Å². The lowest BCUT2D eigenvalue weighted by atomic mass is 9.49. The highest BCUT2D eigenvalue weighted by Gasteiger charge is 2.71. The number of hydrogen-bond acceptors (Lipinski definition) is 8. The van der Waals surface area contributed by atoms with Crippen LogP contribution in [0.15, 0.2) is 0 Å². The van der Waals surface area contributed by atoms with Crippen LogP contribution in [0.25, 0.3) is 0 Å². The molecule has 6 aliphatic carbocycles. The summed E-state index contributed by atoms with van der Waals surface area (Å²) in [6.45, 7) is 0.652. The number of alkyl halides is 2. The Morgan fingerprint density at radius 3 is 2.20 bits per heavy atom. The third-order valence-corrected chi connectivity index (χ3v) is 10.7. The molecular weight excluding hydrogens is 490 g/mol. The summed E-state index contributed by atoms with van der Waals surface area (Å²) in [5.74, 6) is -3.83. The molecule has 1 N–H and O–H groups in total. The minimum Gasteiger partial charge on any atom is -0.458 e. The van der Waals surface area contributed by atoms with Crippen LogP contribution in [-0.4, -0.2) is 54.4 Å². The van der Waals surface area contributed by atoms with Crippen molar-refractivity contribution in [3.8, 4) is 0 Å². The van der Waals surface area contributed by atoms with E-state index in [4.69, 9.17) is 18.8 Å². The van der Waals surface area contributed by atoms with E-state index < -0.39 is 74.7 Å². The Balaban J connectivity index is 1.21. The molecule has 1 heterocycles. The van der Waals surface area contributed by atoms with Crippen molar-refractivity contribution in [2.45, 2.75) is 75.4 Å². The fourth-order valence-corrected chi connectivity index (χ4v) is 9.08. The van der Waals surface area contributed by atoms with E-state index in [1.54, 1.807) is 0 Å². The molecule has 0 aromatic rings. The zero-order valence-electron chi connectivity index (χ0n) is 19.1. The van der Waals surface area contributed by atoms with Crippen molar-refractivity contribution in [1.29, 1.82) is 0 Å². The van der Waals surface area contributed by atoms with Gasteiger partial charge in [0.2, 0.25) is 0 Å². The molecule has 7 unspecified atom stereocenters. The standard InChI is InChI=1S/C23H28F2O9S/c1-9(23(24,25)35(29,30)31)32-19(26)15-14-5-13-16(15)20(27)33-17(13)18(14)34-21(28)22-6-10-2-11(7-22)4-12(3-10)8-22/h9-18H,2-8H2,1H3,(H,29,30,31). The minimum absolute atomic E-state index is 0.327. The maximum Gasteiger partial charge on any atom is 0.405 e. The third-order valence-electron chi connectivity index (χ3n) is 9.64. The van der Waals surface area contributed by atoms with Crippen molar-refractivity contribution in [3.05, 3.63) is 0 Å². The summed E-state index contributed by atoms with van der Waals surface area (Å²) < 4.78 is 75.0. The molecule has 0 aromatic heterocycles. The van der Waals surface area contributed by atoms with Crippen LogP contribution < -0.4 is 0 Å². The number of rotatable bonds is 6. The largest absolute Gasteiger partial charge is 0.458 e. The Labute approximate surface area is 201 Å². The van der Waals surface area contributed by atoms with Crippen LogP contribution in [-0.2, 0) is 38.7 Å². The lowest BCUT2D eigenvalue weighted by Crippen LogP contribution is -2.53. The topological polar surface area (TPSA) is 133 Å². The highest BCUT2D eigenvalue weighted by Crippen LogP contribution is 2.62. The SMILES string of the molecule is CC(OC(=O)C1C2CC3C(OC(=O)C31)C2OC(=O)C12CC3CC(CC(C3)C1)C2)C(F)(F)S(=O)(=O)O. The van der Waals surface area contributed by atoms with Crippen molar-refractivity contribution in [1.82, 2.24) is 0 Å². The van der Waals surface area contributed by atoms with E-state index in [1.165, 1.54) is 0 Å². The molecule has 9 nitrogen and oxygen atoms in total. The van der Waals surface area contributed by atoms with Gasteiger partial charge in [0.1, 0.15) is 12.2 Å². The summed E-state index contributed by atoms with van der Waals surface area (Å²) in [5.41, 5.74) is -0.555. The molecule has 194 valence electrons. The summed E-state index contributed by atoms with van der Waals surface area (Å²) in [6, 6.07) is 0. The lowest BCUT2D eigenvalue weighted by molar-refractivity contribution is -0.189.